The highest BCUT2D eigenvalue weighted by Crippen LogP contribution is 2.32. The molecule has 220 valence electrons. The Labute approximate surface area is 240 Å². The molecule has 0 unspecified atom stereocenters. The van der Waals surface area contributed by atoms with Crippen LogP contribution in [0.3, 0.4) is 0 Å². The summed E-state index contributed by atoms with van der Waals surface area (Å²) in [4.78, 5) is 28.4. The topological polar surface area (TPSA) is 105 Å². The maximum atomic E-state index is 14.0. The third-order valence-electron chi connectivity index (χ3n) is 6.35. The zero-order valence-corrected chi connectivity index (χ0v) is 24.7. The van der Waals surface area contributed by atoms with Gasteiger partial charge in [-0.15, -0.1) is 0 Å². The van der Waals surface area contributed by atoms with Gasteiger partial charge in [-0.1, -0.05) is 37.3 Å². The summed E-state index contributed by atoms with van der Waals surface area (Å²) >= 11 is 0. The maximum Gasteiger partial charge on any atom is 0.264 e. The molecule has 0 radical (unpaired) electrons. The normalized spacial score (nSPS) is 12.0. The summed E-state index contributed by atoms with van der Waals surface area (Å²) in [5.74, 6) is -0.851. The van der Waals surface area contributed by atoms with Gasteiger partial charge in [0.2, 0.25) is 11.8 Å². The Morgan fingerprint density at radius 2 is 1.56 bits per heavy atom. The number of amides is 2. The van der Waals surface area contributed by atoms with Gasteiger partial charge >= 0.3 is 0 Å². The Morgan fingerprint density at radius 3 is 2.12 bits per heavy atom. The number of halogens is 1. The number of benzene rings is 3. The molecule has 0 heterocycles. The van der Waals surface area contributed by atoms with Gasteiger partial charge in [-0.25, -0.2) is 12.8 Å². The molecular formula is C30H36FN3O6S. The van der Waals surface area contributed by atoms with Crippen LogP contribution >= 0.6 is 0 Å². The molecule has 1 atom stereocenters. The molecule has 0 saturated heterocycles. The lowest BCUT2D eigenvalue weighted by atomic mass is 10.1. The van der Waals surface area contributed by atoms with Crippen molar-refractivity contribution in [3.8, 4) is 11.5 Å². The lowest BCUT2D eigenvalue weighted by Crippen LogP contribution is -2.53. The summed E-state index contributed by atoms with van der Waals surface area (Å²) in [7, 11) is -1.45. The summed E-state index contributed by atoms with van der Waals surface area (Å²) in [6, 6.07) is 16.9. The van der Waals surface area contributed by atoms with E-state index in [2.05, 4.69) is 5.32 Å². The van der Waals surface area contributed by atoms with Crippen LogP contribution in [-0.2, 0) is 26.2 Å². The Bertz CT molecular complexity index is 1430. The van der Waals surface area contributed by atoms with Crippen LogP contribution in [0.15, 0.2) is 77.7 Å². The molecule has 3 rings (SSSR count). The van der Waals surface area contributed by atoms with Crippen molar-refractivity contribution in [2.75, 3.05) is 25.1 Å². The van der Waals surface area contributed by atoms with Crippen LogP contribution in [0.1, 0.15) is 32.8 Å². The fraction of sp³-hybridized carbons (Fsp3) is 0.333. The number of para-hydroxylation sites is 1. The molecule has 0 bridgehead atoms. The molecule has 0 aromatic heterocycles. The van der Waals surface area contributed by atoms with Crippen molar-refractivity contribution in [3.05, 3.63) is 84.2 Å². The number of hydrogen-bond acceptors (Lipinski definition) is 6. The lowest BCUT2D eigenvalue weighted by molar-refractivity contribution is -0.140. The second-order valence-electron chi connectivity index (χ2n) is 9.60. The Kier molecular flexibility index (Phi) is 10.7. The monoisotopic (exact) mass is 585 g/mol. The average Bonchev–Trinajstić information content (AvgIpc) is 2.96. The summed E-state index contributed by atoms with van der Waals surface area (Å²) in [5.41, 5.74) is 0.849. The second-order valence-corrected chi connectivity index (χ2v) is 11.5. The fourth-order valence-electron chi connectivity index (χ4n) is 4.31. The van der Waals surface area contributed by atoms with E-state index in [0.717, 1.165) is 4.31 Å². The molecule has 3 aromatic carbocycles. The van der Waals surface area contributed by atoms with E-state index in [1.165, 1.54) is 61.6 Å². The van der Waals surface area contributed by atoms with Crippen molar-refractivity contribution in [2.45, 2.75) is 50.7 Å². The number of methoxy groups -OCH3 is 2. The standard InChI is InChI=1S/C30H36FN3O6S/c1-6-26(30(36)32-21(2)3)33(19-22-12-14-23(31)15-13-22)29(35)20-34(24-10-8-7-9-11-24)41(37,38)25-16-17-27(39-4)28(18-25)40-5/h7-18,21,26H,6,19-20H2,1-5H3,(H,32,36)/t26-/m1/s1. The summed E-state index contributed by atoms with van der Waals surface area (Å²) in [6.07, 6.45) is 0.277. The Hall–Kier alpha value is -4.12. The van der Waals surface area contributed by atoms with Gasteiger partial charge in [0.25, 0.3) is 10.0 Å². The van der Waals surface area contributed by atoms with Crippen molar-refractivity contribution in [1.82, 2.24) is 10.2 Å². The molecular weight excluding hydrogens is 549 g/mol. The highest BCUT2D eigenvalue weighted by Gasteiger charge is 2.34. The molecule has 0 aliphatic rings. The first kappa shape index (κ1) is 31.4. The zero-order valence-electron chi connectivity index (χ0n) is 23.8. The highest BCUT2D eigenvalue weighted by atomic mass is 32.2. The molecule has 9 nitrogen and oxygen atoms in total. The van der Waals surface area contributed by atoms with Gasteiger partial charge in [-0.05, 0) is 62.2 Å². The van der Waals surface area contributed by atoms with Gasteiger partial charge in [0, 0.05) is 18.7 Å². The Morgan fingerprint density at radius 1 is 0.927 bits per heavy atom. The van der Waals surface area contributed by atoms with Crippen LogP contribution in [0.5, 0.6) is 11.5 Å². The summed E-state index contributed by atoms with van der Waals surface area (Å²) < 4.78 is 53.2. The van der Waals surface area contributed by atoms with E-state index < -0.39 is 34.3 Å². The third-order valence-corrected chi connectivity index (χ3v) is 8.12. The molecule has 0 spiro atoms. The number of rotatable bonds is 13. The summed E-state index contributed by atoms with van der Waals surface area (Å²) in [5, 5.41) is 2.84. The number of anilines is 1. The van der Waals surface area contributed by atoms with E-state index in [0.29, 0.717) is 11.3 Å². The number of nitrogens with one attached hydrogen (secondary N) is 1. The molecule has 0 aliphatic carbocycles. The third kappa shape index (κ3) is 7.75. The SMILES string of the molecule is CC[C@H](C(=O)NC(C)C)N(Cc1ccc(F)cc1)C(=O)CN(c1ccccc1)S(=O)(=O)c1ccc(OC)c(OC)c1. The lowest BCUT2D eigenvalue weighted by Gasteiger charge is -2.33. The van der Waals surface area contributed by atoms with Crippen molar-refractivity contribution in [2.24, 2.45) is 0 Å². The summed E-state index contributed by atoms with van der Waals surface area (Å²) in [6.45, 7) is 4.77. The molecule has 3 aromatic rings. The first-order chi connectivity index (χ1) is 19.5. The first-order valence-corrected chi connectivity index (χ1v) is 14.6. The molecule has 41 heavy (non-hydrogen) atoms. The van der Waals surface area contributed by atoms with Crippen LogP contribution in [0.25, 0.3) is 0 Å². The van der Waals surface area contributed by atoms with Gasteiger partial charge < -0.3 is 19.7 Å². The second kappa shape index (κ2) is 14.0. The maximum absolute atomic E-state index is 14.0. The largest absolute Gasteiger partial charge is 0.493 e. The van der Waals surface area contributed by atoms with E-state index >= 15 is 0 Å². The van der Waals surface area contributed by atoms with E-state index in [4.69, 9.17) is 9.47 Å². The number of ether oxygens (including phenoxy) is 2. The molecule has 0 saturated carbocycles. The van der Waals surface area contributed by atoms with Crippen LogP contribution < -0.4 is 19.1 Å². The minimum atomic E-state index is -4.29. The number of sulfonamides is 1. The number of hydrogen-bond donors (Lipinski definition) is 1. The van der Waals surface area contributed by atoms with Crippen molar-refractivity contribution in [3.63, 3.8) is 0 Å². The van der Waals surface area contributed by atoms with Gasteiger partial charge in [0.1, 0.15) is 18.4 Å². The van der Waals surface area contributed by atoms with Gasteiger partial charge in [-0.2, -0.15) is 0 Å². The predicted octanol–water partition coefficient (Wildman–Crippen LogP) is 4.37. The number of nitrogens with zero attached hydrogens (tertiary/aromatic N) is 2. The van der Waals surface area contributed by atoms with Crippen molar-refractivity contribution >= 4 is 27.5 Å². The average molecular weight is 586 g/mol. The predicted molar refractivity (Wildman–Crippen MR) is 155 cm³/mol. The first-order valence-electron chi connectivity index (χ1n) is 13.2. The van der Waals surface area contributed by atoms with E-state index in [1.807, 2.05) is 13.8 Å². The molecule has 0 aliphatic heterocycles. The fourth-order valence-corrected chi connectivity index (χ4v) is 5.74. The minimum Gasteiger partial charge on any atom is -0.493 e. The van der Waals surface area contributed by atoms with E-state index in [1.54, 1.807) is 37.3 Å². The molecule has 11 heteroatoms. The van der Waals surface area contributed by atoms with Gasteiger partial charge in [-0.3, -0.25) is 13.9 Å². The zero-order chi connectivity index (χ0) is 30.2. The smallest absolute Gasteiger partial charge is 0.264 e. The quantitative estimate of drug-likeness (QED) is 0.320. The van der Waals surface area contributed by atoms with Crippen LogP contribution in [-0.4, -0.2) is 58.0 Å². The number of carbonyl (C=O) groups is 2. The molecule has 1 N–H and O–H groups in total. The highest BCUT2D eigenvalue weighted by molar-refractivity contribution is 7.92. The molecule has 0 fully saturated rings. The van der Waals surface area contributed by atoms with Gasteiger partial charge in [0.15, 0.2) is 11.5 Å². The Balaban J connectivity index is 2.07. The van der Waals surface area contributed by atoms with Gasteiger partial charge in [0.05, 0.1) is 24.8 Å². The van der Waals surface area contributed by atoms with Crippen molar-refractivity contribution < 1.29 is 31.9 Å². The van der Waals surface area contributed by atoms with E-state index in [-0.39, 0.29) is 41.2 Å². The van der Waals surface area contributed by atoms with Crippen LogP contribution in [0.4, 0.5) is 10.1 Å². The van der Waals surface area contributed by atoms with Crippen molar-refractivity contribution in [1.29, 1.82) is 0 Å². The van der Waals surface area contributed by atoms with Crippen LogP contribution in [0.2, 0.25) is 0 Å². The number of carbonyl (C=O) groups excluding carboxylic acids is 2. The van der Waals surface area contributed by atoms with Crippen LogP contribution in [0, 0.1) is 5.82 Å². The molecule has 2 amide bonds. The minimum absolute atomic E-state index is 0.0256. The van der Waals surface area contributed by atoms with E-state index in [9.17, 15) is 22.4 Å².